The zero-order valence-corrected chi connectivity index (χ0v) is 20.5. The topological polar surface area (TPSA) is 96.3 Å². The first-order valence-electron chi connectivity index (χ1n) is 11.2. The standard InChI is InChI=1S/C24H23Cl2N5O4/c1-24(2)34-21-19(32-12-14-11-31(30-29-14)10-13-6-4-3-5-7-13)20(33-23(21)35-24)22-27-17-8-15(25)16(26)9-18(17)28-22/h3-9,11,19-21,23H,10,12H2,1-2H3,(H,27,28)/t19-,20-,21+,23+/m0/s1. The molecule has 4 heterocycles. The van der Waals surface area contributed by atoms with Crippen LogP contribution in [-0.2, 0) is 32.1 Å². The molecule has 0 radical (unpaired) electrons. The van der Waals surface area contributed by atoms with Gasteiger partial charge < -0.3 is 23.9 Å². The molecule has 11 heteroatoms. The van der Waals surface area contributed by atoms with Crippen LogP contribution in [0.2, 0.25) is 10.0 Å². The van der Waals surface area contributed by atoms with Crippen molar-refractivity contribution >= 4 is 34.2 Å². The minimum absolute atomic E-state index is 0.226. The van der Waals surface area contributed by atoms with Crippen LogP contribution in [-0.4, -0.2) is 49.2 Å². The Kier molecular flexibility index (Phi) is 5.79. The predicted octanol–water partition coefficient (Wildman–Crippen LogP) is 4.64. The van der Waals surface area contributed by atoms with Crippen molar-refractivity contribution in [3.8, 4) is 0 Å². The van der Waals surface area contributed by atoms with Crippen LogP contribution < -0.4 is 0 Å². The van der Waals surface area contributed by atoms with Crippen molar-refractivity contribution in [2.45, 2.75) is 57.4 Å². The molecule has 6 rings (SSSR count). The highest BCUT2D eigenvalue weighted by Gasteiger charge is 2.56. The Bertz CT molecular complexity index is 1320. The fourth-order valence-corrected chi connectivity index (χ4v) is 4.80. The van der Waals surface area contributed by atoms with E-state index in [1.54, 1.807) is 16.8 Å². The number of H-pyrrole nitrogens is 1. The predicted molar refractivity (Wildman–Crippen MR) is 128 cm³/mol. The van der Waals surface area contributed by atoms with Crippen LogP contribution in [0.1, 0.15) is 37.0 Å². The first-order valence-corrected chi connectivity index (χ1v) is 12.0. The average molecular weight is 516 g/mol. The SMILES string of the molecule is CC1(C)O[C@H]2O[C@H](c3nc4cc(Cl)c(Cl)cc4[nH]3)[C@H](OCc3cn(Cc4ccccc4)nn3)[C@H]2O1. The number of benzene rings is 2. The van der Waals surface area contributed by atoms with Crippen molar-refractivity contribution < 1.29 is 18.9 Å². The van der Waals surface area contributed by atoms with Crippen molar-refractivity contribution in [2.75, 3.05) is 0 Å². The number of ether oxygens (including phenoxy) is 4. The second-order valence-corrected chi connectivity index (χ2v) is 9.91. The summed E-state index contributed by atoms with van der Waals surface area (Å²) in [5.74, 6) is -0.203. The number of nitrogens with zero attached hydrogens (tertiary/aromatic N) is 4. The lowest BCUT2D eigenvalue weighted by molar-refractivity contribution is -0.221. The summed E-state index contributed by atoms with van der Waals surface area (Å²) in [7, 11) is 0. The van der Waals surface area contributed by atoms with E-state index in [1.807, 2.05) is 50.4 Å². The summed E-state index contributed by atoms with van der Waals surface area (Å²) in [5.41, 5.74) is 3.27. The third-order valence-electron chi connectivity index (χ3n) is 6.00. The molecule has 2 aliphatic rings. The molecule has 2 fully saturated rings. The third kappa shape index (κ3) is 4.55. The van der Waals surface area contributed by atoms with Gasteiger partial charge in [0.15, 0.2) is 12.1 Å². The number of hydrogen-bond acceptors (Lipinski definition) is 7. The van der Waals surface area contributed by atoms with E-state index in [4.69, 9.17) is 42.1 Å². The Morgan fingerprint density at radius 2 is 1.91 bits per heavy atom. The fourth-order valence-electron chi connectivity index (χ4n) is 4.47. The van der Waals surface area contributed by atoms with Crippen LogP contribution in [0.5, 0.6) is 0 Å². The summed E-state index contributed by atoms with van der Waals surface area (Å²) in [6.45, 7) is 4.55. The molecule has 1 N–H and O–H groups in total. The lowest BCUT2D eigenvalue weighted by Gasteiger charge is -2.24. The van der Waals surface area contributed by atoms with Gasteiger partial charge in [-0.15, -0.1) is 5.10 Å². The van der Waals surface area contributed by atoms with Crippen molar-refractivity contribution in [1.82, 2.24) is 25.0 Å². The monoisotopic (exact) mass is 515 g/mol. The van der Waals surface area contributed by atoms with E-state index in [9.17, 15) is 0 Å². The van der Waals surface area contributed by atoms with Gasteiger partial charge in [0.2, 0.25) is 0 Å². The van der Waals surface area contributed by atoms with Gasteiger partial charge in [0.05, 0.1) is 40.4 Å². The minimum Gasteiger partial charge on any atom is -0.366 e. The van der Waals surface area contributed by atoms with E-state index in [-0.39, 0.29) is 6.61 Å². The van der Waals surface area contributed by atoms with Crippen molar-refractivity contribution in [2.24, 2.45) is 0 Å². The molecule has 4 aromatic rings. The number of halogens is 2. The van der Waals surface area contributed by atoms with Gasteiger partial charge in [-0.1, -0.05) is 58.7 Å². The summed E-state index contributed by atoms with van der Waals surface area (Å²) in [6, 6.07) is 13.5. The highest BCUT2D eigenvalue weighted by atomic mass is 35.5. The van der Waals surface area contributed by atoms with E-state index in [2.05, 4.69) is 20.3 Å². The molecule has 0 bridgehead atoms. The van der Waals surface area contributed by atoms with E-state index in [0.29, 0.717) is 33.6 Å². The molecule has 35 heavy (non-hydrogen) atoms. The zero-order chi connectivity index (χ0) is 24.2. The molecule has 0 unspecified atom stereocenters. The fraction of sp³-hybridized carbons (Fsp3) is 0.375. The number of nitrogens with one attached hydrogen (secondary N) is 1. The van der Waals surface area contributed by atoms with Crippen molar-refractivity contribution in [1.29, 1.82) is 0 Å². The molecule has 0 saturated carbocycles. The van der Waals surface area contributed by atoms with Crippen LogP contribution in [0.15, 0.2) is 48.7 Å². The maximum absolute atomic E-state index is 6.31. The summed E-state index contributed by atoms with van der Waals surface area (Å²) >= 11 is 12.3. The highest BCUT2D eigenvalue weighted by molar-refractivity contribution is 6.42. The summed E-state index contributed by atoms with van der Waals surface area (Å²) in [4.78, 5) is 7.94. The normalized spacial score (nSPS) is 25.4. The van der Waals surface area contributed by atoms with E-state index >= 15 is 0 Å². The Labute approximate surface area is 211 Å². The molecule has 0 spiro atoms. The van der Waals surface area contributed by atoms with Gasteiger partial charge in [-0.05, 0) is 31.5 Å². The number of hydrogen-bond donors (Lipinski definition) is 1. The number of fused-ring (bicyclic) bond motifs is 2. The van der Waals surface area contributed by atoms with Gasteiger partial charge in [-0.3, -0.25) is 0 Å². The smallest absolute Gasteiger partial charge is 0.190 e. The van der Waals surface area contributed by atoms with Crippen molar-refractivity contribution in [3.63, 3.8) is 0 Å². The highest BCUT2D eigenvalue weighted by Crippen LogP contribution is 2.44. The Hall–Kier alpha value is -2.53. The third-order valence-corrected chi connectivity index (χ3v) is 6.72. The first kappa shape index (κ1) is 22.9. The van der Waals surface area contributed by atoms with Crippen LogP contribution in [0.25, 0.3) is 11.0 Å². The quantitative estimate of drug-likeness (QED) is 0.399. The van der Waals surface area contributed by atoms with Crippen LogP contribution in [0.4, 0.5) is 0 Å². The van der Waals surface area contributed by atoms with Crippen LogP contribution >= 0.6 is 23.2 Å². The zero-order valence-electron chi connectivity index (χ0n) is 19.0. The van der Waals surface area contributed by atoms with Gasteiger partial charge >= 0.3 is 0 Å². The molecular formula is C24H23Cl2N5O4. The molecule has 2 aliphatic heterocycles. The summed E-state index contributed by atoms with van der Waals surface area (Å²) in [5, 5.41) is 9.36. The minimum atomic E-state index is -0.782. The number of aromatic amines is 1. The number of aromatic nitrogens is 5. The second-order valence-electron chi connectivity index (χ2n) is 9.10. The Morgan fingerprint density at radius 3 is 2.74 bits per heavy atom. The molecule has 2 aromatic heterocycles. The maximum atomic E-state index is 6.31. The Balaban J connectivity index is 1.22. The van der Waals surface area contributed by atoms with Gasteiger partial charge in [-0.25, -0.2) is 9.67 Å². The van der Waals surface area contributed by atoms with Gasteiger partial charge in [0.25, 0.3) is 0 Å². The number of imidazole rings is 1. The lowest BCUT2D eigenvalue weighted by atomic mass is 10.1. The Morgan fingerprint density at radius 1 is 1.11 bits per heavy atom. The largest absolute Gasteiger partial charge is 0.366 e. The molecule has 0 aliphatic carbocycles. The second kappa shape index (κ2) is 8.85. The van der Waals surface area contributed by atoms with Gasteiger partial charge in [-0.2, -0.15) is 0 Å². The molecule has 9 nitrogen and oxygen atoms in total. The molecule has 182 valence electrons. The molecule has 0 amide bonds. The van der Waals surface area contributed by atoms with E-state index in [1.165, 1.54) is 0 Å². The molecule has 4 atom stereocenters. The summed E-state index contributed by atoms with van der Waals surface area (Å²) in [6.07, 6.45) is -0.196. The molecule has 2 aromatic carbocycles. The first-order chi connectivity index (χ1) is 16.8. The van der Waals surface area contributed by atoms with Crippen LogP contribution in [0.3, 0.4) is 0 Å². The maximum Gasteiger partial charge on any atom is 0.190 e. The van der Waals surface area contributed by atoms with Crippen molar-refractivity contribution in [3.05, 3.63) is 75.8 Å². The van der Waals surface area contributed by atoms with Crippen LogP contribution in [0, 0.1) is 0 Å². The molecule has 2 saturated heterocycles. The molecular weight excluding hydrogens is 493 g/mol. The van der Waals surface area contributed by atoms with Gasteiger partial charge in [0, 0.05) is 0 Å². The number of rotatable bonds is 6. The van der Waals surface area contributed by atoms with E-state index in [0.717, 1.165) is 11.1 Å². The average Bonchev–Trinajstić information content (AvgIpc) is 3.56. The lowest BCUT2D eigenvalue weighted by Crippen LogP contribution is -2.34. The van der Waals surface area contributed by atoms with E-state index < -0.39 is 30.4 Å². The van der Waals surface area contributed by atoms with Gasteiger partial charge in [0.1, 0.15) is 29.8 Å². The summed E-state index contributed by atoms with van der Waals surface area (Å²) < 4.78 is 26.4.